The van der Waals surface area contributed by atoms with Crippen LogP contribution in [-0.2, 0) is 0 Å². The number of ether oxygens (including phenoxy) is 1. The van der Waals surface area contributed by atoms with Gasteiger partial charge in [0.25, 0.3) is 0 Å². The largest absolute Gasteiger partial charge is 0.503 e. The molecule has 0 saturated carbocycles. The Labute approximate surface area is 155 Å². The minimum Gasteiger partial charge on any atom is -0.503 e. The molecule has 0 amide bonds. The molecule has 0 aliphatic heterocycles. The molecule has 0 atom stereocenters. The van der Waals surface area contributed by atoms with Crippen molar-refractivity contribution < 1.29 is 14.8 Å². The number of methoxy groups -OCH3 is 1. The molecule has 0 spiro atoms. The van der Waals surface area contributed by atoms with E-state index in [1.807, 2.05) is 24.3 Å². The molecule has 0 aliphatic rings. The predicted molar refractivity (Wildman–Crippen MR) is 98.6 cm³/mol. The van der Waals surface area contributed by atoms with Crippen LogP contribution in [0.15, 0.2) is 34.8 Å². The lowest BCUT2D eigenvalue weighted by atomic mass is 10.1. The molecule has 8 nitrogen and oxygen atoms in total. The van der Waals surface area contributed by atoms with Crippen LogP contribution in [0.25, 0.3) is 22.7 Å². The van der Waals surface area contributed by atoms with Crippen molar-refractivity contribution in [3.63, 3.8) is 0 Å². The maximum atomic E-state index is 11.5. The number of hydrogen-bond acceptors (Lipinski definition) is 6. The zero-order chi connectivity index (χ0) is 18.8. The molecule has 3 aromatic rings. The summed E-state index contributed by atoms with van der Waals surface area (Å²) in [4.78, 5) is 18.1. The third-order valence-electron chi connectivity index (χ3n) is 3.66. The summed E-state index contributed by atoms with van der Waals surface area (Å²) >= 11 is 3.13. The average molecular weight is 415 g/mol. The molecule has 9 heteroatoms. The Balaban J connectivity index is 2.23. The maximum absolute atomic E-state index is 11.5. The number of rotatable bonds is 4. The van der Waals surface area contributed by atoms with Gasteiger partial charge in [0.05, 0.1) is 38.7 Å². The first-order valence-corrected chi connectivity index (χ1v) is 8.06. The van der Waals surface area contributed by atoms with Crippen LogP contribution < -0.4 is 4.74 Å². The molecule has 1 heterocycles. The Hall–Kier alpha value is -3.38. The van der Waals surface area contributed by atoms with Gasteiger partial charge in [-0.15, -0.1) is 0 Å². The maximum Gasteiger partial charge on any atom is 0.322 e. The fourth-order valence-electron chi connectivity index (χ4n) is 2.51. The van der Waals surface area contributed by atoms with E-state index in [0.717, 1.165) is 5.52 Å². The number of halogens is 1. The first kappa shape index (κ1) is 17.4. The van der Waals surface area contributed by atoms with Crippen molar-refractivity contribution in [1.29, 1.82) is 5.26 Å². The van der Waals surface area contributed by atoms with Crippen LogP contribution in [0.5, 0.6) is 11.5 Å². The number of benzene rings is 2. The second kappa shape index (κ2) is 6.85. The lowest BCUT2D eigenvalue weighted by molar-refractivity contribution is -0.386. The number of aromatic nitrogens is 2. The summed E-state index contributed by atoms with van der Waals surface area (Å²) in [7, 11) is 1.21. The van der Waals surface area contributed by atoms with Crippen LogP contribution in [-0.4, -0.2) is 27.1 Å². The Kier molecular flexibility index (Phi) is 4.60. The van der Waals surface area contributed by atoms with Gasteiger partial charge in [0, 0.05) is 0 Å². The van der Waals surface area contributed by atoms with Gasteiger partial charge >= 0.3 is 5.69 Å². The molecule has 1 aromatic heterocycles. The number of hydrogen-bond donors (Lipinski definition) is 2. The summed E-state index contributed by atoms with van der Waals surface area (Å²) in [5.41, 5.74) is 1.15. The summed E-state index contributed by atoms with van der Waals surface area (Å²) in [5, 5.41) is 31.0. The Morgan fingerprint density at radius 2 is 2.23 bits per heavy atom. The van der Waals surface area contributed by atoms with E-state index in [1.165, 1.54) is 19.3 Å². The fraction of sp³-hybridized carbons (Fsp3) is 0.0588. The van der Waals surface area contributed by atoms with Crippen LogP contribution in [0.3, 0.4) is 0 Å². The molecule has 130 valence electrons. The van der Waals surface area contributed by atoms with Gasteiger partial charge in [-0.3, -0.25) is 10.1 Å². The lowest BCUT2D eigenvalue weighted by Gasteiger charge is -2.08. The van der Waals surface area contributed by atoms with Crippen molar-refractivity contribution in [1.82, 2.24) is 9.97 Å². The number of allylic oxidation sites excluding steroid dienone is 1. The first-order chi connectivity index (χ1) is 12.5. The highest BCUT2D eigenvalue weighted by atomic mass is 79.9. The van der Waals surface area contributed by atoms with E-state index >= 15 is 0 Å². The average Bonchev–Trinajstić information content (AvgIpc) is 3.05. The van der Waals surface area contributed by atoms with Gasteiger partial charge in [0.2, 0.25) is 5.75 Å². The van der Waals surface area contributed by atoms with Gasteiger partial charge in [-0.05, 0) is 40.2 Å². The highest BCUT2D eigenvalue weighted by Gasteiger charge is 2.26. The number of phenols is 1. The van der Waals surface area contributed by atoms with E-state index in [-0.39, 0.29) is 27.2 Å². The van der Waals surface area contributed by atoms with E-state index in [1.54, 1.807) is 6.07 Å². The van der Waals surface area contributed by atoms with Crippen LogP contribution in [0.4, 0.5) is 5.69 Å². The molecule has 26 heavy (non-hydrogen) atoms. The van der Waals surface area contributed by atoms with Gasteiger partial charge in [0.1, 0.15) is 11.9 Å². The Morgan fingerprint density at radius 3 is 2.85 bits per heavy atom. The van der Waals surface area contributed by atoms with Gasteiger partial charge in [-0.1, -0.05) is 12.1 Å². The summed E-state index contributed by atoms with van der Waals surface area (Å²) in [5.74, 6) is -0.401. The van der Waals surface area contributed by atoms with Crippen molar-refractivity contribution in [3.05, 3.63) is 56.3 Å². The van der Waals surface area contributed by atoms with Crippen molar-refractivity contribution in [2.24, 2.45) is 0 Å². The smallest absolute Gasteiger partial charge is 0.322 e. The van der Waals surface area contributed by atoms with E-state index in [0.29, 0.717) is 5.52 Å². The predicted octanol–water partition coefficient (Wildman–Crippen LogP) is 4.01. The van der Waals surface area contributed by atoms with Crippen molar-refractivity contribution in [2.75, 3.05) is 7.11 Å². The zero-order valence-corrected chi connectivity index (χ0v) is 14.9. The highest BCUT2D eigenvalue weighted by molar-refractivity contribution is 9.10. The van der Waals surface area contributed by atoms with Gasteiger partial charge in [0.15, 0.2) is 5.75 Å². The van der Waals surface area contributed by atoms with Crippen LogP contribution in [0, 0.1) is 21.4 Å². The number of nitrogens with zero attached hydrogens (tertiary/aromatic N) is 3. The summed E-state index contributed by atoms with van der Waals surface area (Å²) in [6.45, 7) is 0. The second-order valence-electron chi connectivity index (χ2n) is 5.21. The standard InChI is InChI=1S/C17H11BrN4O4/c1-26-16-14(22(24)25)9(7-11(18)15(16)23)6-10(8-19)17-20-12-4-2-3-5-13(12)21-17/h2-7,23H,1H3,(H,20,21)/b10-6+. The van der Waals surface area contributed by atoms with E-state index < -0.39 is 16.4 Å². The number of nitrogens with one attached hydrogen (secondary N) is 1. The van der Waals surface area contributed by atoms with Gasteiger partial charge in [-0.25, -0.2) is 4.98 Å². The minimum absolute atomic E-state index is 0.0912. The summed E-state index contributed by atoms with van der Waals surface area (Å²) in [6, 6.07) is 10.6. The molecule has 0 radical (unpaired) electrons. The van der Waals surface area contributed by atoms with E-state index in [9.17, 15) is 20.5 Å². The fourth-order valence-corrected chi connectivity index (χ4v) is 2.93. The SMILES string of the molecule is COc1c(O)c(Br)cc(/C=C(\C#N)c2nc3ccccc3[nH]2)c1[N+](=O)[O-]. The summed E-state index contributed by atoms with van der Waals surface area (Å²) in [6.07, 6.45) is 1.32. The second-order valence-corrected chi connectivity index (χ2v) is 6.06. The number of aromatic amines is 1. The minimum atomic E-state index is -0.676. The number of nitro benzene ring substituents is 1. The number of H-pyrrole nitrogens is 1. The zero-order valence-electron chi connectivity index (χ0n) is 13.4. The summed E-state index contributed by atoms with van der Waals surface area (Å²) < 4.78 is 5.17. The Morgan fingerprint density at radius 1 is 1.50 bits per heavy atom. The third-order valence-corrected chi connectivity index (χ3v) is 4.27. The Bertz CT molecular complexity index is 1070. The van der Waals surface area contributed by atoms with Crippen LogP contribution >= 0.6 is 15.9 Å². The van der Waals surface area contributed by atoms with Crippen molar-refractivity contribution in [3.8, 4) is 17.6 Å². The molecule has 2 aromatic carbocycles. The molecule has 0 unspecified atom stereocenters. The molecule has 0 saturated heterocycles. The van der Waals surface area contributed by atoms with Crippen LogP contribution in [0.2, 0.25) is 0 Å². The number of nitro groups is 1. The molecule has 2 N–H and O–H groups in total. The number of phenolic OH excluding ortho intramolecular Hbond substituents is 1. The van der Waals surface area contributed by atoms with Gasteiger partial charge < -0.3 is 14.8 Å². The van der Waals surface area contributed by atoms with Crippen molar-refractivity contribution in [2.45, 2.75) is 0 Å². The quantitative estimate of drug-likeness (QED) is 0.377. The highest BCUT2D eigenvalue weighted by Crippen LogP contribution is 2.44. The first-order valence-electron chi connectivity index (χ1n) is 7.27. The molecule has 0 fully saturated rings. The van der Waals surface area contributed by atoms with Gasteiger partial charge in [-0.2, -0.15) is 5.26 Å². The topological polar surface area (TPSA) is 125 Å². The lowest BCUT2D eigenvalue weighted by Crippen LogP contribution is -1.98. The van der Waals surface area contributed by atoms with E-state index in [2.05, 4.69) is 25.9 Å². The van der Waals surface area contributed by atoms with Crippen molar-refractivity contribution >= 4 is 44.3 Å². The molecular formula is C17H11BrN4O4. The van der Waals surface area contributed by atoms with E-state index in [4.69, 9.17) is 4.74 Å². The molecule has 0 aliphatic carbocycles. The molecule has 3 rings (SSSR count). The number of para-hydroxylation sites is 2. The number of imidazole rings is 1. The van der Waals surface area contributed by atoms with Crippen LogP contribution in [0.1, 0.15) is 11.4 Å². The molecule has 0 bridgehead atoms. The normalized spacial score (nSPS) is 11.3. The molecular weight excluding hydrogens is 404 g/mol. The number of nitriles is 1. The third kappa shape index (κ3) is 2.98. The number of aromatic hydroxyl groups is 1. The monoisotopic (exact) mass is 414 g/mol. The number of fused-ring (bicyclic) bond motifs is 1.